The molecule has 0 aliphatic carbocycles. The van der Waals surface area contributed by atoms with Gasteiger partial charge in [-0.1, -0.05) is 17.7 Å². The highest BCUT2D eigenvalue weighted by molar-refractivity contribution is 6.29. The molecule has 26 heavy (non-hydrogen) atoms. The van der Waals surface area contributed by atoms with Crippen LogP contribution in [0.4, 0.5) is 17.6 Å². The lowest BCUT2D eigenvalue weighted by atomic mass is 10.2. The summed E-state index contributed by atoms with van der Waals surface area (Å²) in [6, 6.07) is 5.10. The minimum atomic E-state index is -5.08. The minimum absolute atomic E-state index is 0.185. The maximum Gasteiger partial charge on any atom is 0.490 e. The van der Waals surface area contributed by atoms with E-state index in [0.29, 0.717) is 18.8 Å². The first-order chi connectivity index (χ1) is 12.0. The van der Waals surface area contributed by atoms with E-state index >= 15 is 0 Å². The van der Waals surface area contributed by atoms with Crippen molar-refractivity contribution in [3.63, 3.8) is 0 Å². The van der Waals surface area contributed by atoms with E-state index in [1.54, 1.807) is 29.3 Å². The second-order valence-electron chi connectivity index (χ2n) is 4.94. The molecule has 1 aliphatic rings. The molecule has 1 aromatic rings. The third-order valence-corrected chi connectivity index (χ3v) is 3.38. The number of piperazine rings is 1. The zero-order valence-electron chi connectivity index (χ0n) is 13.1. The van der Waals surface area contributed by atoms with E-state index in [1.165, 1.54) is 4.90 Å². The van der Waals surface area contributed by atoms with Crippen molar-refractivity contribution in [3.05, 3.63) is 30.1 Å². The van der Waals surface area contributed by atoms with Crippen LogP contribution in [0.5, 0.6) is 0 Å². The normalized spacial score (nSPS) is 15.6. The van der Waals surface area contributed by atoms with Gasteiger partial charge in [-0.25, -0.2) is 9.18 Å². The number of alkyl halides is 5. The summed E-state index contributed by atoms with van der Waals surface area (Å²) in [5.41, 5.74) is -1.65. The van der Waals surface area contributed by atoms with Crippen LogP contribution in [-0.4, -0.2) is 75.7 Å². The van der Waals surface area contributed by atoms with Gasteiger partial charge in [-0.05, 0) is 12.1 Å². The van der Waals surface area contributed by atoms with E-state index in [0.717, 1.165) is 0 Å². The van der Waals surface area contributed by atoms with Crippen molar-refractivity contribution in [1.29, 1.82) is 0 Å². The van der Waals surface area contributed by atoms with Crippen molar-refractivity contribution in [2.75, 3.05) is 26.2 Å². The van der Waals surface area contributed by atoms with E-state index in [2.05, 4.69) is 4.98 Å². The summed E-state index contributed by atoms with van der Waals surface area (Å²) >= 11 is 5.11. The first-order valence-corrected chi connectivity index (χ1v) is 7.55. The molecule has 0 saturated carbocycles. The van der Waals surface area contributed by atoms with Crippen LogP contribution in [0.2, 0.25) is 0 Å². The van der Waals surface area contributed by atoms with Gasteiger partial charge in [0.1, 0.15) is 5.69 Å². The first-order valence-electron chi connectivity index (χ1n) is 7.11. The van der Waals surface area contributed by atoms with Crippen molar-refractivity contribution in [2.45, 2.75) is 11.8 Å². The Hall–Kier alpha value is -2.43. The predicted molar refractivity (Wildman–Crippen MR) is 81.2 cm³/mol. The SMILES string of the molecule is O=C(O)C(F)(F)F.O=C(c1ccccn1)N1CCN(C(=O)C(F)Cl)CC1. The molecule has 1 atom stereocenters. The van der Waals surface area contributed by atoms with Gasteiger partial charge in [0.15, 0.2) is 0 Å². The molecule has 12 heteroatoms. The summed E-state index contributed by atoms with van der Waals surface area (Å²) < 4.78 is 44.4. The molecule has 2 rings (SSSR count). The van der Waals surface area contributed by atoms with Crippen LogP contribution in [0.15, 0.2) is 24.4 Å². The standard InChI is InChI=1S/C12H13ClFN3O2.C2HF3O2/c13-10(14)12(19)17-7-5-16(6-8-17)11(18)9-3-1-2-4-15-9;3-2(4,5)1(6)7/h1-4,10H,5-8H2;(H,6,7). The smallest absolute Gasteiger partial charge is 0.475 e. The number of pyridine rings is 1. The second kappa shape index (κ2) is 9.32. The highest BCUT2D eigenvalue weighted by Crippen LogP contribution is 2.13. The number of rotatable bonds is 2. The summed E-state index contributed by atoms with van der Waals surface area (Å²) in [5, 5.41) is 7.12. The Morgan fingerprint density at radius 3 is 2.00 bits per heavy atom. The molecule has 1 N–H and O–H groups in total. The Labute approximate surface area is 150 Å². The monoisotopic (exact) mass is 399 g/mol. The fourth-order valence-corrected chi connectivity index (χ4v) is 2.06. The van der Waals surface area contributed by atoms with E-state index in [9.17, 15) is 27.2 Å². The van der Waals surface area contributed by atoms with Crippen molar-refractivity contribution in [1.82, 2.24) is 14.8 Å². The number of hydrogen-bond donors (Lipinski definition) is 1. The van der Waals surface area contributed by atoms with Crippen molar-refractivity contribution in [2.24, 2.45) is 0 Å². The first kappa shape index (κ1) is 21.6. The van der Waals surface area contributed by atoms with Gasteiger partial charge in [-0.15, -0.1) is 0 Å². The van der Waals surface area contributed by atoms with Gasteiger partial charge in [0.2, 0.25) is 0 Å². The number of carbonyl (C=O) groups is 3. The maximum atomic E-state index is 12.7. The van der Waals surface area contributed by atoms with E-state index in [1.807, 2.05) is 0 Å². The number of aliphatic carboxylic acids is 1. The summed E-state index contributed by atoms with van der Waals surface area (Å²) in [7, 11) is 0. The molecule has 0 bridgehead atoms. The molecule has 0 spiro atoms. The molecule has 0 radical (unpaired) electrons. The lowest BCUT2D eigenvalue weighted by Gasteiger charge is -2.34. The van der Waals surface area contributed by atoms with Crippen LogP contribution in [0, 0.1) is 0 Å². The average molecular weight is 400 g/mol. The molecule has 1 fully saturated rings. The van der Waals surface area contributed by atoms with Crippen molar-refractivity contribution < 1.29 is 37.1 Å². The molecule has 0 aromatic carbocycles. The summed E-state index contributed by atoms with van der Waals surface area (Å²) in [6.07, 6.45) is -3.53. The predicted octanol–water partition coefficient (Wildman–Crippen LogP) is 1.53. The second-order valence-corrected chi connectivity index (χ2v) is 5.32. The number of carboxylic acids is 1. The van der Waals surface area contributed by atoms with Gasteiger partial charge in [0, 0.05) is 32.4 Å². The fourth-order valence-electron chi connectivity index (χ4n) is 1.92. The molecule has 7 nitrogen and oxygen atoms in total. The van der Waals surface area contributed by atoms with Crippen LogP contribution < -0.4 is 0 Å². The quantitative estimate of drug-likeness (QED) is 0.601. The lowest BCUT2D eigenvalue weighted by molar-refractivity contribution is -0.192. The van der Waals surface area contributed by atoms with E-state index in [4.69, 9.17) is 21.5 Å². The molecule has 1 aromatic heterocycles. The Bertz CT molecular complexity index is 635. The Kier molecular flexibility index (Phi) is 7.75. The molecule has 144 valence electrons. The number of hydrogen-bond acceptors (Lipinski definition) is 4. The van der Waals surface area contributed by atoms with Gasteiger partial charge < -0.3 is 14.9 Å². The summed E-state index contributed by atoms with van der Waals surface area (Å²) in [5.74, 6) is -3.69. The molecule has 1 unspecified atom stereocenters. The minimum Gasteiger partial charge on any atom is -0.475 e. The average Bonchev–Trinajstić information content (AvgIpc) is 2.61. The largest absolute Gasteiger partial charge is 0.490 e. The van der Waals surface area contributed by atoms with Gasteiger partial charge in [-0.2, -0.15) is 13.2 Å². The molecule has 1 aliphatic heterocycles. The molecule has 1 saturated heterocycles. The number of aromatic nitrogens is 1. The van der Waals surface area contributed by atoms with Gasteiger partial charge >= 0.3 is 12.1 Å². The van der Waals surface area contributed by atoms with Gasteiger partial charge in [0.25, 0.3) is 17.4 Å². The van der Waals surface area contributed by atoms with Crippen LogP contribution >= 0.6 is 11.6 Å². The summed E-state index contributed by atoms with van der Waals surface area (Å²) in [6.45, 7) is 1.27. The van der Waals surface area contributed by atoms with Crippen LogP contribution in [0.3, 0.4) is 0 Å². The topological polar surface area (TPSA) is 90.8 Å². The van der Waals surface area contributed by atoms with Crippen LogP contribution in [0.25, 0.3) is 0 Å². The van der Waals surface area contributed by atoms with Gasteiger partial charge in [-0.3, -0.25) is 14.6 Å². The maximum absolute atomic E-state index is 12.7. The number of carbonyl (C=O) groups excluding carboxylic acids is 2. The van der Waals surface area contributed by atoms with E-state index < -0.39 is 23.7 Å². The number of halogens is 5. The van der Waals surface area contributed by atoms with Crippen LogP contribution in [0.1, 0.15) is 10.5 Å². The van der Waals surface area contributed by atoms with Crippen molar-refractivity contribution in [3.8, 4) is 0 Å². The highest BCUT2D eigenvalue weighted by Gasteiger charge is 2.38. The Balaban J connectivity index is 0.000000412. The third-order valence-electron chi connectivity index (χ3n) is 3.19. The molecule has 2 amide bonds. The highest BCUT2D eigenvalue weighted by atomic mass is 35.5. The molecular weight excluding hydrogens is 386 g/mol. The van der Waals surface area contributed by atoms with Crippen LogP contribution in [-0.2, 0) is 9.59 Å². The third kappa shape index (κ3) is 6.47. The Morgan fingerprint density at radius 1 is 1.12 bits per heavy atom. The fraction of sp³-hybridized carbons (Fsp3) is 0.429. The lowest BCUT2D eigenvalue weighted by Crippen LogP contribution is -2.52. The Morgan fingerprint density at radius 2 is 1.62 bits per heavy atom. The van der Waals surface area contributed by atoms with E-state index in [-0.39, 0.29) is 19.0 Å². The number of amides is 2. The van der Waals surface area contributed by atoms with Crippen molar-refractivity contribution >= 4 is 29.4 Å². The number of nitrogens with zero attached hydrogens (tertiary/aromatic N) is 3. The molecule has 2 heterocycles. The molecular formula is C14H14ClF4N3O4. The number of carboxylic acid groups (broad SMARTS) is 1. The zero-order chi connectivity index (χ0) is 19.9. The zero-order valence-corrected chi connectivity index (χ0v) is 13.9. The van der Waals surface area contributed by atoms with Gasteiger partial charge in [0.05, 0.1) is 0 Å². The summed E-state index contributed by atoms with van der Waals surface area (Å²) in [4.78, 5) is 39.2.